The first-order chi connectivity index (χ1) is 8.72. The van der Waals surface area contributed by atoms with Crippen molar-refractivity contribution in [1.82, 2.24) is 4.90 Å². The van der Waals surface area contributed by atoms with Crippen LogP contribution in [0.4, 0.5) is 0 Å². The first kappa shape index (κ1) is 12.3. The maximum atomic E-state index is 11.6. The van der Waals surface area contributed by atoms with Gasteiger partial charge in [0.1, 0.15) is 13.2 Å². The number of nitrogens with zero attached hydrogens (tertiary/aromatic N) is 2. The summed E-state index contributed by atoms with van der Waals surface area (Å²) < 4.78 is 4.82. The number of hydrogen-bond acceptors (Lipinski definition) is 4. The summed E-state index contributed by atoms with van der Waals surface area (Å²) in [5.41, 5.74) is 0.798. The van der Waals surface area contributed by atoms with Crippen LogP contribution >= 0.6 is 0 Å². The Balaban J connectivity index is 2.14. The van der Waals surface area contributed by atoms with Crippen LogP contribution in [0, 0.1) is 11.3 Å². The standard InChI is InChI=1S/C13H12N2O3/c14-6-11(10-4-2-1-3-5-10)7-15-12(16)8-18-9-13(15)17/h1-5,11H,7-9H2. The molecule has 1 aliphatic heterocycles. The first-order valence-electron chi connectivity index (χ1n) is 5.58. The summed E-state index contributed by atoms with van der Waals surface area (Å²) in [4.78, 5) is 24.2. The Labute approximate surface area is 105 Å². The van der Waals surface area contributed by atoms with Gasteiger partial charge in [-0.1, -0.05) is 30.3 Å². The Bertz CT molecular complexity index is 477. The molecule has 1 aliphatic rings. The van der Waals surface area contributed by atoms with Crippen molar-refractivity contribution in [2.45, 2.75) is 5.92 Å². The minimum Gasteiger partial charge on any atom is -0.362 e. The van der Waals surface area contributed by atoms with Crippen LogP contribution in [-0.4, -0.2) is 36.5 Å². The van der Waals surface area contributed by atoms with E-state index in [0.717, 1.165) is 10.5 Å². The van der Waals surface area contributed by atoms with Crippen molar-refractivity contribution in [3.05, 3.63) is 35.9 Å². The molecule has 1 aromatic rings. The molecule has 0 spiro atoms. The minimum atomic E-state index is -0.503. The number of carbonyl (C=O) groups excluding carboxylic acids is 2. The summed E-state index contributed by atoms with van der Waals surface area (Å²) in [5, 5.41) is 9.15. The van der Waals surface area contributed by atoms with Crippen molar-refractivity contribution >= 4 is 11.8 Å². The number of amides is 2. The van der Waals surface area contributed by atoms with Crippen molar-refractivity contribution in [1.29, 1.82) is 5.26 Å². The topological polar surface area (TPSA) is 70.4 Å². The monoisotopic (exact) mass is 244 g/mol. The van der Waals surface area contributed by atoms with E-state index in [2.05, 4.69) is 6.07 Å². The van der Waals surface area contributed by atoms with Crippen molar-refractivity contribution in [3.63, 3.8) is 0 Å². The van der Waals surface area contributed by atoms with E-state index >= 15 is 0 Å². The predicted molar refractivity (Wildman–Crippen MR) is 62.3 cm³/mol. The van der Waals surface area contributed by atoms with Crippen LogP contribution in [-0.2, 0) is 14.3 Å². The van der Waals surface area contributed by atoms with E-state index in [0.29, 0.717) is 0 Å². The Morgan fingerprint density at radius 3 is 2.39 bits per heavy atom. The van der Waals surface area contributed by atoms with E-state index < -0.39 is 5.92 Å². The molecule has 1 atom stereocenters. The van der Waals surface area contributed by atoms with Crippen LogP contribution in [0.1, 0.15) is 11.5 Å². The molecule has 1 unspecified atom stereocenters. The molecule has 2 amide bonds. The van der Waals surface area contributed by atoms with Gasteiger partial charge in [-0.15, -0.1) is 0 Å². The highest BCUT2D eigenvalue weighted by atomic mass is 16.5. The lowest BCUT2D eigenvalue weighted by Crippen LogP contribution is -2.47. The number of hydrogen-bond donors (Lipinski definition) is 0. The lowest BCUT2D eigenvalue weighted by molar-refractivity contribution is -0.158. The van der Waals surface area contributed by atoms with Crippen LogP contribution < -0.4 is 0 Å². The molecule has 1 saturated heterocycles. The molecule has 1 heterocycles. The number of imide groups is 1. The average molecular weight is 244 g/mol. The van der Waals surface area contributed by atoms with E-state index in [4.69, 9.17) is 10.00 Å². The molecule has 0 radical (unpaired) electrons. The summed E-state index contributed by atoms with van der Waals surface area (Å²) in [7, 11) is 0. The fraction of sp³-hybridized carbons (Fsp3) is 0.308. The van der Waals surface area contributed by atoms with Crippen molar-refractivity contribution in [2.75, 3.05) is 19.8 Å². The molecular formula is C13H12N2O3. The third-order valence-corrected chi connectivity index (χ3v) is 2.78. The summed E-state index contributed by atoms with van der Waals surface area (Å²) in [6.07, 6.45) is 0. The molecule has 0 saturated carbocycles. The number of carbonyl (C=O) groups is 2. The first-order valence-corrected chi connectivity index (χ1v) is 5.58. The smallest absolute Gasteiger partial charge is 0.255 e. The second-order valence-electron chi connectivity index (χ2n) is 3.98. The van der Waals surface area contributed by atoms with Crippen LogP contribution in [0.25, 0.3) is 0 Å². The summed E-state index contributed by atoms with van der Waals surface area (Å²) in [6.45, 7) is -0.112. The fourth-order valence-corrected chi connectivity index (χ4v) is 1.81. The third kappa shape index (κ3) is 2.55. The van der Waals surface area contributed by atoms with Gasteiger partial charge in [0, 0.05) is 6.54 Å². The molecule has 92 valence electrons. The number of benzene rings is 1. The van der Waals surface area contributed by atoms with E-state index in [-0.39, 0.29) is 31.6 Å². The minimum absolute atomic E-state index is 0.0849. The number of morpholine rings is 1. The van der Waals surface area contributed by atoms with Gasteiger partial charge in [-0.05, 0) is 5.56 Å². The molecule has 1 fully saturated rings. The zero-order valence-corrected chi connectivity index (χ0v) is 9.70. The van der Waals surface area contributed by atoms with Gasteiger partial charge in [0.05, 0.1) is 12.0 Å². The van der Waals surface area contributed by atoms with E-state index in [9.17, 15) is 9.59 Å². The average Bonchev–Trinajstić information content (AvgIpc) is 2.40. The molecule has 18 heavy (non-hydrogen) atoms. The van der Waals surface area contributed by atoms with Gasteiger partial charge >= 0.3 is 0 Å². The van der Waals surface area contributed by atoms with Gasteiger partial charge in [-0.2, -0.15) is 5.26 Å². The number of rotatable bonds is 3. The van der Waals surface area contributed by atoms with Crippen LogP contribution in [0.2, 0.25) is 0 Å². The summed E-state index contributed by atoms with van der Waals surface area (Å²) in [5.74, 6) is -1.28. The summed E-state index contributed by atoms with van der Waals surface area (Å²) >= 11 is 0. The number of nitriles is 1. The fourth-order valence-electron chi connectivity index (χ4n) is 1.81. The van der Waals surface area contributed by atoms with Crippen LogP contribution in [0.3, 0.4) is 0 Å². The normalized spacial score (nSPS) is 17.4. The molecule has 0 N–H and O–H groups in total. The Morgan fingerprint density at radius 1 is 1.22 bits per heavy atom. The Morgan fingerprint density at radius 2 is 1.83 bits per heavy atom. The zero-order valence-electron chi connectivity index (χ0n) is 9.70. The molecule has 2 rings (SSSR count). The molecule has 5 nitrogen and oxygen atoms in total. The largest absolute Gasteiger partial charge is 0.362 e. The predicted octanol–water partition coefficient (Wildman–Crippen LogP) is 0.679. The van der Waals surface area contributed by atoms with Gasteiger partial charge in [0.25, 0.3) is 11.8 Å². The second kappa shape index (κ2) is 5.43. The van der Waals surface area contributed by atoms with Crippen molar-refractivity contribution < 1.29 is 14.3 Å². The molecule has 0 aliphatic carbocycles. The molecule has 1 aromatic carbocycles. The second-order valence-corrected chi connectivity index (χ2v) is 3.98. The highest BCUT2D eigenvalue weighted by Crippen LogP contribution is 2.17. The van der Waals surface area contributed by atoms with Crippen LogP contribution in [0.5, 0.6) is 0 Å². The lowest BCUT2D eigenvalue weighted by Gasteiger charge is -2.26. The van der Waals surface area contributed by atoms with E-state index in [1.807, 2.05) is 30.3 Å². The van der Waals surface area contributed by atoms with E-state index in [1.54, 1.807) is 0 Å². The van der Waals surface area contributed by atoms with Gasteiger partial charge in [-0.25, -0.2) is 0 Å². The lowest BCUT2D eigenvalue weighted by atomic mass is 10.00. The van der Waals surface area contributed by atoms with Crippen molar-refractivity contribution in [3.8, 4) is 6.07 Å². The summed E-state index contributed by atoms with van der Waals surface area (Å²) in [6, 6.07) is 11.2. The Hall–Kier alpha value is -2.19. The maximum Gasteiger partial charge on any atom is 0.255 e. The molecule has 0 aromatic heterocycles. The van der Waals surface area contributed by atoms with Gasteiger partial charge in [0.15, 0.2) is 0 Å². The molecular weight excluding hydrogens is 232 g/mol. The zero-order chi connectivity index (χ0) is 13.0. The maximum absolute atomic E-state index is 11.6. The SMILES string of the molecule is N#CC(CN1C(=O)COCC1=O)c1ccccc1. The molecule has 5 heteroatoms. The van der Waals surface area contributed by atoms with Crippen molar-refractivity contribution in [2.24, 2.45) is 0 Å². The van der Waals surface area contributed by atoms with Gasteiger partial charge < -0.3 is 4.74 Å². The quantitative estimate of drug-likeness (QED) is 0.733. The third-order valence-electron chi connectivity index (χ3n) is 2.78. The molecule has 0 bridgehead atoms. The van der Waals surface area contributed by atoms with Gasteiger partial charge in [0.2, 0.25) is 0 Å². The van der Waals surface area contributed by atoms with Gasteiger partial charge in [-0.3, -0.25) is 14.5 Å². The highest BCUT2D eigenvalue weighted by molar-refractivity contribution is 5.98. The van der Waals surface area contributed by atoms with E-state index in [1.165, 1.54) is 0 Å². The highest BCUT2D eigenvalue weighted by Gasteiger charge is 2.29. The Kier molecular flexibility index (Phi) is 3.70. The number of ether oxygens (including phenoxy) is 1. The van der Waals surface area contributed by atoms with Crippen LogP contribution in [0.15, 0.2) is 30.3 Å².